The number of nitrogens with zero attached hydrogens (tertiary/aromatic N) is 1. The molecule has 1 heterocycles. The van der Waals surface area contributed by atoms with E-state index in [-0.39, 0.29) is 5.92 Å². The van der Waals surface area contributed by atoms with Gasteiger partial charge < -0.3 is 19.7 Å². The molecule has 0 radical (unpaired) electrons. The van der Waals surface area contributed by atoms with Crippen molar-refractivity contribution in [3.63, 3.8) is 0 Å². The topological polar surface area (TPSA) is 63.6 Å². The number of carboxylic acids is 1. The zero-order valence-corrected chi connectivity index (χ0v) is 10.5. The lowest BCUT2D eigenvalue weighted by atomic mass is 9.74. The maximum atomic E-state index is 11.3. The first-order valence-electron chi connectivity index (χ1n) is 6.27. The average Bonchev–Trinajstić information content (AvgIpc) is 2.39. The molecule has 2 rings (SSSR count). The molecule has 96 valence electrons. The minimum Gasteiger partial charge on any atom is -0.550 e. The van der Waals surface area contributed by atoms with Crippen LogP contribution in [-0.2, 0) is 4.79 Å². The summed E-state index contributed by atoms with van der Waals surface area (Å²) in [5.41, 5.74) is 1.04. The number of hydrogen-bond donors (Lipinski definition) is 1. The lowest BCUT2D eigenvalue weighted by Gasteiger charge is -2.40. The van der Waals surface area contributed by atoms with E-state index in [0.717, 1.165) is 12.0 Å². The lowest BCUT2D eigenvalue weighted by molar-refractivity contribution is -0.313. The van der Waals surface area contributed by atoms with Gasteiger partial charge in [-0.3, -0.25) is 0 Å². The molecule has 4 nitrogen and oxygen atoms in total. The quantitative estimate of drug-likeness (QED) is 0.759. The molecule has 1 aromatic rings. The van der Waals surface area contributed by atoms with E-state index >= 15 is 0 Å². The number of carbonyl (C=O) groups is 1. The van der Waals surface area contributed by atoms with E-state index in [2.05, 4.69) is 0 Å². The van der Waals surface area contributed by atoms with Crippen LogP contribution in [0.3, 0.4) is 0 Å². The van der Waals surface area contributed by atoms with Crippen molar-refractivity contribution in [2.24, 2.45) is 5.92 Å². The SMILES string of the molecule is CB(O)N1CC[C@@H](c2ccccc2)[C@@H](C(=O)[O-])C1. The van der Waals surface area contributed by atoms with Crippen LogP contribution >= 0.6 is 0 Å². The van der Waals surface area contributed by atoms with E-state index in [4.69, 9.17) is 0 Å². The fourth-order valence-corrected chi connectivity index (χ4v) is 2.65. The summed E-state index contributed by atoms with van der Waals surface area (Å²) >= 11 is 0. The van der Waals surface area contributed by atoms with Gasteiger partial charge in [-0.1, -0.05) is 30.3 Å². The Hall–Kier alpha value is -1.33. The van der Waals surface area contributed by atoms with Gasteiger partial charge in [0.2, 0.25) is 0 Å². The molecule has 1 aliphatic rings. The molecule has 18 heavy (non-hydrogen) atoms. The number of piperidine rings is 1. The number of aliphatic carboxylic acids is 1. The minimum absolute atomic E-state index is 0.0220. The highest BCUT2D eigenvalue weighted by Gasteiger charge is 2.33. The van der Waals surface area contributed by atoms with Crippen molar-refractivity contribution >= 4 is 13.0 Å². The Morgan fingerprint density at radius 1 is 1.44 bits per heavy atom. The fraction of sp³-hybridized carbons (Fsp3) is 0.462. The Morgan fingerprint density at radius 3 is 2.67 bits per heavy atom. The van der Waals surface area contributed by atoms with Crippen molar-refractivity contribution in [3.05, 3.63) is 35.9 Å². The van der Waals surface area contributed by atoms with Crippen molar-refractivity contribution in [1.82, 2.24) is 4.81 Å². The predicted octanol–water partition coefficient (Wildman–Crippen LogP) is -0.0477. The summed E-state index contributed by atoms with van der Waals surface area (Å²) in [6.07, 6.45) is 0.730. The highest BCUT2D eigenvalue weighted by atomic mass is 16.4. The van der Waals surface area contributed by atoms with Crippen LogP contribution in [0.4, 0.5) is 0 Å². The van der Waals surface area contributed by atoms with Gasteiger partial charge in [-0.15, -0.1) is 0 Å². The third kappa shape index (κ3) is 2.74. The van der Waals surface area contributed by atoms with Crippen molar-refractivity contribution in [1.29, 1.82) is 0 Å². The van der Waals surface area contributed by atoms with Gasteiger partial charge in [0.15, 0.2) is 0 Å². The van der Waals surface area contributed by atoms with E-state index in [1.165, 1.54) is 0 Å². The van der Waals surface area contributed by atoms with Crippen LogP contribution in [0.15, 0.2) is 30.3 Å². The Kier molecular flexibility index (Phi) is 4.04. The minimum atomic E-state index is -1.03. The molecular weight excluding hydrogens is 229 g/mol. The summed E-state index contributed by atoms with van der Waals surface area (Å²) < 4.78 is 0. The average molecular weight is 246 g/mol. The van der Waals surface area contributed by atoms with E-state index in [1.54, 1.807) is 11.6 Å². The number of benzene rings is 1. The molecule has 0 saturated carbocycles. The number of hydrogen-bond acceptors (Lipinski definition) is 4. The Morgan fingerprint density at radius 2 is 2.11 bits per heavy atom. The maximum Gasteiger partial charge on any atom is 0.376 e. The highest BCUT2D eigenvalue weighted by molar-refractivity contribution is 6.45. The van der Waals surface area contributed by atoms with E-state index in [1.807, 2.05) is 30.3 Å². The predicted molar refractivity (Wildman–Crippen MR) is 67.7 cm³/mol. The standard InChI is InChI=1S/C13H18BNO3/c1-14(18)15-8-7-11(12(9-15)13(16)17)10-5-3-2-4-6-10/h2-6,11-12,18H,7-9H2,1H3,(H,16,17)/p-1/t11-,12-/m0/s1. The van der Waals surface area contributed by atoms with Gasteiger partial charge in [0, 0.05) is 11.9 Å². The first-order valence-corrected chi connectivity index (χ1v) is 6.27. The van der Waals surface area contributed by atoms with Gasteiger partial charge >= 0.3 is 7.05 Å². The smallest absolute Gasteiger partial charge is 0.376 e. The molecule has 1 saturated heterocycles. The van der Waals surface area contributed by atoms with Crippen LogP contribution in [0.1, 0.15) is 17.9 Å². The Balaban J connectivity index is 2.19. The zero-order chi connectivity index (χ0) is 13.1. The molecule has 2 atom stereocenters. The van der Waals surface area contributed by atoms with Crippen molar-refractivity contribution in [2.75, 3.05) is 13.1 Å². The molecular formula is C13H17BNO3-. The molecule has 0 unspecified atom stereocenters. The van der Waals surface area contributed by atoms with Crippen LogP contribution in [0.5, 0.6) is 0 Å². The van der Waals surface area contributed by atoms with Crippen molar-refractivity contribution < 1.29 is 14.9 Å². The molecule has 1 aliphatic heterocycles. The van der Waals surface area contributed by atoms with E-state index in [9.17, 15) is 14.9 Å². The zero-order valence-electron chi connectivity index (χ0n) is 10.5. The van der Waals surface area contributed by atoms with Crippen LogP contribution < -0.4 is 5.11 Å². The molecule has 0 aromatic heterocycles. The molecule has 5 heteroatoms. The monoisotopic (exact) mass is 246 g/mol. The molecule has 0 aliphatic carbocycles. The lowest BCUT2D eigenvalue weighted by Crippen LogP contribution is -2.51. The molecule has 1 N–H and O–H groups in total. The Bertz CT molecular complexity index is 410. The van der Waals surface area contributed by atoms with Gasteiger partial charge in [0.25, 0.3) is 0 Å². The summed E-state index contributed by atoms with van der Waals surface area (Å²) in [6, 6.07) is 9.67. The van der Waals surface area contributed by atoms with Gasteiger partial charge in [-0.2, -0.15) is 0 Å². The summed E-state index contributed by atoms with van der Waals surface area (Å²) in [5, 5.41) is 20.8. The normalized spacial score (nSPS) is 24.8. The second-order valence-corrected chi connectivity index (χ2v) is 4.86. The Labute approximate surface area is 107 Å². The molecule has 0 bridgehead atoms. The first kappa shape index (κ1) is 13.1. The van der Waals surface area contributed by atoms with E-state index < -0.39 is 18.9 Å². The second-order valence-electron chi connectivity index (χ2n) is 4.86. The second kappa shape index (κ2) is 5.54. The third-order valence-electron chi connectivity index (χ3n) is 3.70. The summed E-state index contributed by atoms with van der Waals surface area (Å²) in [7, 11) is -0.608. The molecule has 0 spiro atoms. The largest absolute Gasteiger partial charge is 0.550 e. The van der Waals surface area contributed by atoms with Crippen LogP contribution in [0.2, 0.25) is 6.82 Å². The van der Waals surface area contributed by atoms with Crippen LogP contribution in [0.25, 0.3) is 0 Å². The van der Waals surface area contributed by atoms with Gasteiger partial charge in [-0.05, 0) is 37.8 Å². The van der Waals surface area contributed by atoms with Gasteiger partial charge in [0.1, 0.15) is 0 Å². The third-order valence-corrected chi connectivity index (χ3v) is 3.70. The molecule has 1 aromatic carbocycles. The number of carboxylic acid groups (broad SMARTS) is 1. The first-order chi connectivity index (χ1) is 8.59. The van der Waals surface area contributed by atoms with Crippen LogP contribution in [-0.4, -0.2) is 35.9 Å². The van der Waals surface area contributed by atoms with Gasteiger partial charge in [0.05, 0.1) is 0 Å². The highest BCUT2D eigenvalue weighted by Crippen LogP contribution is 2.32. The molecule has 1 fully saturated rings. The summed E-state index contributed by atoms with van der Waals surface area (Å²) in [6.45, 7) is 2.72. The molecule has 0 amide bonds. The number of rotatable bonds is 3. The maximum absolute atomic E-state index is 11.3. The fourth-order valence-electron chi connectivity index (χ4n) is 2.65. The van der Waals surface area contributed by atoms with Crippen molar-refractivity contribution in [2.45, 2.75) is 19.2 Å². The summed E-state index contributed by atoms with van der Waals surface area (Å²) in [5.74, 6) is -1.61. The van der Waals surface area contributed by atoms with Crippen LogP contribution in [0, 0.1) is 5.92 Å². The number of carbonyl (C=O) groups excluding carboxylic acids is 1. The van der Waals surface area contributed by atoms with Gasteiger partial charge in [-0.25, -0.2) is 0 Å². The van der Waals surface area contributed by atoms with Crippen molar-refractivity contribution in [3.8, 4) is 0 Å². The summed E-state index contributed by atoms with van der Waals surface area (Å²) in [4.78, 5) is 13.1. The van der Waals surface area contributed by atoms with E-state index in [0.29, 0.717) is 13.1 Å².